The quantitative estimate of drug-likeness (QED) is 0.811. The summed E-state index contributed by atoms with van der Waals surface area (Å²) in [5, 5.41) is 2.76. The van der Waals surface area contributed by atoms with Crippen molar-refractivity contribution in [2.45, 2.75) is 6.92 Å². The first-order valence-corrected chi connectivity index (χ1v) is 6.47. The Balaban J connectivity index is 2.24. The second kappa shape index (κ2) is 5.48. The van der Waals surface area contributed by atoms with Gasteiger partial charge in [0.2, 0.25) is 0 Å². The summed E-state index contributed by atoms with van der Waals surface area (Å²) < 4.78 is 14.2. The highest BCUT2D eigenvalue weighted by atomic mass is 127. The molecule has 1 amide bonds. The summed E-state index contributed by atoms with van der Waals surface area (Å²) in [6.07, 6.45) is 0. The number of hydrogen-bond acceptors (Lipinski definition) is 1. The number of carbonyl (C=O) groups is 1. The summed E-state index contributed by atoms with van der Waals surface area (Å²) >= 11 is 2.17. The van der Waals surface area contributed by atoms with Gasteiger partial charge in [0, 0.05) is 14.8 Å². The molecule has 0 fully saturated rings. The number of benzene rings is 2. The maximum Gasteiger partial charge on any atom is 0.256 e. The molecule has 18 heavy (non-hydrogen) atoms. The third-order valence-electron chi connectivity index (χ3n) is 2.53. The lowest BCUT2D eigenvalue weighted by atomic mass is 10.1. The Morgan fingerprint density at radius 2 is 2.00 bits per heavy atom. The van der Waals surface area contributed by atoms with E-state index in [-0.39, 0.29) is 5.91 Å². The van der Waals surface area contributed by atoms with Crippen LogP contribution in [0.25, 0.3) is 0 Å². The lowest BCUT2D eigenvalue weighted by Gasteiger charge is -2.08. The summed E-state index contributed by atoms with van der Waals surface area (Å²) in [7, 11) is 0. The van der Waals surface area contributed by atoms with E-state index in [9.17, 15) is 9.18 Å². The number of nitrogens with one attached hydrogen (secondary N) is 1. The molecule has 0 atom stereocenters. The van der Waals surface area contributed by atoms with Crippen LogP contribution < -0.4 is 5.32 Å². The molecular weight excluding hydrogens is 344 g/mol. The topological polar surface area (TPSA) is 29.1 Å². The summed E-state index contributed by atoms with van der Waals surface area (Å²) in [5.41, 5.74) is 1.81. The van der Waals surface area contributed by atoms with Gasteiger partial charge in [0.05, 0.1) is 0 Å². The zero-order valence-electron chi connectivity index (χ0n) is 9.71. The summed E-state index contributed by atoms with van der Waals surface area (Å²) in [6.45, 7) is 1.78. The number of aryl methyl sites for hydroxylation is 1. The molecule has 2 aromatic rings. The van der Waals surface area contributed by atoms with Crippen LogP contribution in [0.1, 0.15) is 15.9 Å². The highest BCUT2D eigenvalue weighted by Gasteiger charge is 2.10. The maximum absolute atomic E-state index is 13.1. The van der Waals surface area contributed by atoms with E-state index < -0.39 is 5.82 Å². The van der Waals surface area contributed by atoms with Crippen molar-refractivity contribution in [1.82, 2.24) is 0 Å². The van der Waals surface area contributed by atoms with Gasteiger partial charge in [-0.05, 0) is 65.4 Å². The Hall–Kier alpha value is -1.43. The predicted molar refractivity (Wildman–Crippen MR) is 78.2 cm³/mol. The standard InChI is InChI=1S/C14H11FINO/c1-9-5-6-10(15)7-13(9)14(18)17-12-4-2-3-11(16)8-12/h2-8H,1H3,(H,17,18). The molecule has 0 aliphatic heterocycles. The smallest absolute Gasteiger partial charge is 0.256 e. The second-order valence-electron chi connectivity index (χ2n) is 3.92. The molecule has 0 saturated heterocycles. The molecule has 0 aromatic heterocycles. The molecule has 0 saturated carbocycles. The molecule has 0 aliphatic carbocycles. The first-order chi connectivity index (χ1) is 8.56. The molecule has 2 rings (SSSR count). The molecule has 0 heterocycles. The molecule has 4 heteroatoms. The van der Waals surface area contributed by atoms with Crippen molar-refractivity contribution in [3.05, 3.63) is 63.0 Å². The van der Waals surface area contributed by atoms with E-state index in [0.717, 1.165) is 9.13 Å². The van der Waals surface area contributed by atoms with Crippen LogP contribution in [0, 0.1) is 16.3 Å². The molecule has 2 nitrogen and oxygen atoms in total. The average molecular weight is 355 g/mol. The molecule has 0 aliphatic rings. The van der Waals surface area contributed by atoms with Gasteiger partial charge in [0.15, 0.2) is 0 Å². The lowest BCUT2D eigenvalue weighted by Crippen LogP contribution is -2.13. The molecule has 92 valence electrons. The highest BCUT2D eigenvalue weighted by molar-refractivity contribution is 14.1. The number of amides is 1. The van der Waals surface area contributed by atoms with E-state index >= 15 is 0 Å². The predicted octanol–water partition coefficient (Wildman–Crippen LogP) is 3.99. The highest BCUT2D eigenvalue weighted by Crippen LogP contribution is 2.16. The fourth-order valence-corrected chi connectivity index (χ4v) is 2.15. The van der Waals surface area contributed by atoms with Crippen molar-refractivity contribution in [2.24, 2.45) is 0 Å². The van der Waals surface area contributed by atoms with Crippen LogP contribution in [0.4, 0.5) is 10.1 Å². The Kier molecular flexibility index (Phi) is 3.96. The van der Waals surface area contributed by atoms with Crippen LogP contribution in [0.3, 0.4) is 0 Å². The van der Waals surface area contributed by atoms with E-state index in [4.69, 9.17) is 0 Å². The fraction of sp³-hybridized carbons (Fsp3) is 0.0714. The van der Waals surface area contributed by atoms with E-state index in [1.165, 1.54) is 12.1 Å². The van der Waals surface area contributed by atoms with Crippen molar-refractivity contribution in [3.8, 4) is 0 Å². The minimum Gasteiger partial charge on any atom is -0.322 e. The molecule has 0 bridgehead atoms. The Bertz CT molecular complexity index is 598. The van der Waals surface area contributed by atoms with Gasteiger partial charge >= 0.3 is 0 Å². The van der Waals surface area contributed by atoms with Crippen LogP contribution >= 0.6 is 22.6 Å². The minimum atomic E-state index is -0.409. The fourth-order valence-electron chi connectivity index (χ4n) is 1.60. The van der Waals surface area contributed by atoms with Gasteiger partial charge in [-0.2, -0.15) is 0 Å². The summed E-state index contributed by atoms with van der Waals surface area (Å²) in [5.74, 6) is -0.706. The normalized spacial score (nSPS) is 10.2. The summed E-state index contributed by atoms with van der Waals surface area (Å²) in [6, 6.07) is 11.6. The third-order valence-corrected chi connectivity index (χ3v) is 3.20. The zero-order valence-corrected chi connectivity index (χ0v) is 11.9. The molecule has 2 aromatic carbocycles. The van der Waals surface area contributed by atoms with Gasteiger partial charge in [-0.1, -0.05) is 12.1 Å². The first-order valence-electron chi connectivity index (χ1n) is 5.39. The van der Waals surface area contributed by atoms with Crippen LogP contribution in [0.2, 0.25) is 0 Å². The lowest BCUT2D eigenvalue weighted by molar-refractivity contribution is 0.102. The molecule has 1 N–H and O–H groups in total. The van der Waals surface area contributed by atoms with Crippen molar-refractivity contribution >= 4 is 34.2 Å². The second-order valence-corrected chi connectivity index (χ2v) is 5.17. The van der Waals surface area contributed by atoms with Gasteiger partial charge < -0.3 is 5.32 Å². The van der Waals surface area contributed by atoms with Crippen molar-refractivity contribution in [3.63, 3.8) is 0 Å². The molecular formula is C14H11FINO. The zero-order chi connectivity index (χ0) is 13.1. The van der Waals surface area contributed by atoms with Gasteiger partial charge in [0.25, 0.3) is 5.91 Å². The molecule has 0 radical (unpaired) electrons. The number of anilines is 1. The van der Waals surface area contributed by atoms with Gasteiger partial charge in [-0.15, -0.1) is 0 Å². The molecule has 0 spiro atoms. The number of halogens is 2. The van der Waals surface area contributed by atoms with E-state index in [2.05, 4.69) is 27.9 Å². The average Bonchev–Trinajstić information content (AvgIpc) is 2.32. The molecule has 0 unspecified atom stereocenters. The third kappa shape index (κ3) is 3.07. The van der Waals surface area contributed by atoms with Crippen LogP contribution in [0.5, 0.6) is 0 Å². The first kappa shape index (κ1) is 13.0. The maximum atomic E-state index is 13.1. The van der Waals surface area contributed by atoms with Crippen LogP contribution in [0.15, 0.2) is 42.5 Å². The minimum absolute atomic E-state index is 0.297. The van der Waals surface area contributed by atoms with Crippen LogP contribution in [-0.4, -0.2) is 5.91 Å². The van der Waals surface area contributed by atoms with Crippen LogP contribution in [-0.2, 0) is 0 Å². The number of rotatable bonds is 2. The van der Waals surface area contributed by atoms with Crippen molar-refractivity contribution in [2.75, 3.05) is 5.32 Å². The van der Waals surface area contributed by atoms with E-state index in [1.807, 2.05) is 18.2 Å². The SMILES string of the molecule is Cc1ccc(F)cc1C(=O)Nc1cccc(I)c1. The largest absolute Gasteiger partial charge is 0.322 e. The van der Waals surface area contributed by atoms with E-state index in [1.54, 1.807) is 19.1 Å². The number of carbonyl (C=O) groups excluding carboxylic acids is 1. The van der Waals surface area contributed by atoms with Crippen molar-refractivity contribution in [1.29, 1.82) is 0 Å². The Morgan fingerprint density at radius 1 is 1.22 bits per heavy atom. The van der Waals surface area contributed by atoms with Gasteiger partial charge in [-0.25, -0.2) is 4.39 Å². The number of hydrogen-bond donors (Lipinski definition) is 1. The van der Waals surface area contributed by atoms with Gasteiger partial charge in [-0.3, -0.25) is 4.79 Å². The van der Waals surface area contributed by atoms with Gasteiger partial charge in [0.1, 0.15) is 5.82 Å². The Labute approximate surface area is 118 Å². The Morgan fingerprint density at radius 3 is 2.72 bits per heavy atom. The monoisotopic (exact) mass is 355 g/mol. The van der Waals surface area contributed by atoms with Crippen molar-refractivity contribution < 1.29 is 9.18 Å². The van der Waals surface area contributed by atoms with E-state index in [0.29, 0.717) is 11.3 Å². The summed E-state index contributed by atoms with van der Waals surface area (Å²) in [4.78, 5) is 12.0.